The van der Waals surface area contributed by atoms with Crippen LogP contribution in [-0.4, -0.2) is 50.1 Å². The minimum absolute atomic E-state index is 0.0929. The summed E-state index contributed by atoms with van der Waals surface area (Å²) in [5.41, 5.74) is 1.94. The second-order valence-corrected chi connectivity index (χ2v) is 5.91. The smallest absolute Gasteiger partial charge is 0.127 e. The fraction of sp³-hybridized carbons (Fsp3) is 0.625. The van der Waals surface area contributed by atoms with Crippen molar-refractivity contribution in [3.8, 4) is 0 Å². The van der Waals surface area contributed by atoms with Crippen LogP contribution in [0.1, 0.15) is 24.0 Å². The van der Waals surface area contributed by atoms with E-state index >= 15 is 0 Å². The normalized spacial score (nSPS) is 17.9. The molecule has 0 unspecified atom stereocenters. The first-order valence-corrected chi connectivity index (χ1v) is 7.41. The van der Waals surface area contributed by atoms with Crippen molar-refractivity contribution in [1.82, 2.24) is 15.1 Å². The predicted octanol–water partition coefficient (Wildman–Crippen LogP) is 2.07. The Bertz CT molecular complexity index is 428. The van der Waals surface area contributed by atoms with Crippen LogP contribution in [0, 0.1) is 5.82 Å². The minimum Gasteiger partial charge on any atom is -0.316 e. The molecular weight excluding hydrogens is 253 g/mol. The number of rotatable bonds is 5. The summed E-state index contributed by atoms with van der Waals surface area (Å²) in [6.45, 7) is 3.75. The van der Waals surface area contributed by atoms with Crippen LogP contribution in [0.25, 0.3) is 0 Å². The molecule has 0 saturated carbocycles. The van der Waals surface area contributed by atoms with Gasteiger partial charge in [0.05, 0.1) is 0 Å². The maximum Gasteiger partial charge on any atom is 0.127 e. The minimum atomic E-state index is -0.0929. The molecule has 112 valence electrons. The molecule has 0 bridgehead atoms. The molecular formula is C16H26FN3. The van der Waals surface area contributed by atoms with E-state index in [4.69, 9.17) is 0 Å². The Morgan fingerprint density at radius 1 is 1.35 bits per heavy atom. The number of halogens is 1. The number of nitrogens with one attached hydrogen (secondary N) is 1. The Hall–Kier alpha value is -0.970. The maximum absolute atomic E-state index is 13.9. The van der Waals surface area contributed by atoms with Gasteiger partial charge in [0.2, 0.25) is 0 Å². The first kappa shape index (κ1) is 15.4. The van der Waals surface area contributed by atoms with E-state index in [-0.39, 0.29) is 5.82 Å². The van der Waals surface area contributed by atoms with Crippen molar-refractivity contribution in [2.24, 2.45) is 0 Å². The lowest BCUT2D eigenvalue weighted by Gasteiger charge is -2.35. The molecule has 1 aromatic rings. The molecule has 0 aliphatic carbocycles. The molecule has 0 aromatic heterocycles. The largest absolute Gasteiger partial charge is 0.316 e. The molecule has 1 heterocycles. The van der Waals surface area contributed by atoms with Crippen LogP contribution in [0.5, 0.6) is 0 Å². The molecule has 3 nitrogen and oxygen atoms in total. The Morgan fingerprint density at radius 2 is 2.05 bits per heavy atom. The lowest BCUT2D eigenvalue weighted by molar-refractivity contribution is 0.138. The molecule has 1 saturated heterocycles. The van der Waals surface area contributed by atoms with Gasteiger partial charge in [-0.2, -0.15) is 0 Å². The van der Waals surface area contributed by atoms with E-state index in [1.165, 1.54) is 12.8 Å². The molecule has 1 aliphatic rings. The van der Waals surface area contributed by atoms with Crippen LogP contribution < -0.4 is 5.32 Å². The highest BCUT2D eigenvalue weighted by molar-refractivity contribution is 5.25. The summed E-state index contributed by atoms with van der Waals surface area (Å²) in [4.78, 5) is 4.66. The Balaban J connectivity index is 1.99. The molecule has 0 radical (unpaired) electrons. The van der Waals surface area contributed by atoms with E-state index in [1.54, 1.807) is 6.07 Å². The number of likely N-dealkylation sites (tertiary alicyclic amines) is 1. The zero-order valence-electron chi connectivity index (χ0n) is 12.8. The summed E-state index contributed by atoms with van der Waals surface area (Å²) in [6.07, 6.45) is 2.34. The number of hydrogen-bond acceptors (Lipinski definition) is 3. The van der Waals surface area contributed by atoms with Gasteiger partial charge < -0.3 is 10.2 Å². The Kier molecular flexibility index (Phi) is 5.52. The van der Waals surface area contributed by atoms with Crippen LogP contribution in [0.4, 0.5) is 4.39 Å². The SMILES string of the molecule is CNCc1ccc(F)c(CN(C)C2CCN(C)CC2)c1. The van der Waals surface area contributed by atoms with E-state index in [1.807, 2.05) is 19.2 Å². The van der Waals surface area contributed by atoms with Gasteiger partial charge in [0, 0.05) is 24.7 Å². The van der Waals surface area contributed by atoms with Crippen molar-refractivity contribution >= 4 is 0 Å². The molecule has 0 spiro atoms. The van der Waals surface area contributed by atoms with E-state index < -0.39 is 0 Å². The number of benzene rings is 1. The highest BCUT2D eigenvalue weighted by Gasteiger charge is 2.21. The van der Waals surface area contributed by atoms with Gasteiger partial charge in [0.25, 0.3) is 0 Å². The van der Waals surface area contributed by atoms with Crippen LogP contribution in [-0.2, 0) is 13.1 Å². The van der Waals surface area contributed by atoms with Crippen molar-refractivity contribution in [2.75, 3.05) is 34.2 Å². The third-order valence-corrected chi connectivity index (χ3v) is 4.22. The predicted molar refractivity (Wildman–Crippen MR) is 81.1 cm³/mol. The quantitative estimate of drug-likeness (QED) is 0.890. The fourth-order valence-electron chi connectivity index (χ4n) is 2.90. The van der Waals surface area contributed by atoms with Crippen molar-refractivity contribution < 1.29 is 4.39 Å². The van der Waals surface area contributed by atoms with Crippen LogP contribution >= 0.6 is 0 Å². The van der Waals surface area contributed by atoms with Crippen LogP contribution in [0.2, 0.25) is 0 Å². The van der Waals surface area contributed by atoms with Crippen molar-refractivity contribution in [2.45, 2.75) is 32.0 Å². The molecule has 1 aliphatic heterocycles. The maximum atomic E-state index is 13.9. The van der Waals surface area contributed by atoms with Gasteiger partial charge in [0.1, 0.15) is 5.82 Å². The third kappa shape index (κ3) is 4.01. The van der Waals surface area contributed by atoms with Crippen molar-refractivity contribution in [1.29, 1.82) is 0 Å². The highest BCUT2D eigenvalue weighted by Crippen LogP contribution is 2.19. The van der Waals surface area contributed by atoms with Crippen molar-refractivity contribution in [3.05, 3.63) is 35.1 Å². The lowest BCUT2D eigenvalue weighted by atomic mass is 10.0. The standard InChI is InChI=1S/C16H26FN3/c1-18-11-13-4-5-16(17)14(10-13)12-20(3)15-6-8-19(2)9-7-15/h4-5,10,15,18H,6-9,11-12H2,1-3H3. The average molecular weight is 279 g/mol. The van der Waals surface area contributed by atoms with E-state index in [2.05, 4.69) is 29.2 Å². The fourth-order valence-corrected chi connectivity index (χ4v) is 2.90. The van der Waals surface area contributed by atoms with Gasteiger partial charge in [-0.05, 0) is 58.7 Å². The molecule has 4 heteroatoms. The molecule has 20 heavy (non-hydrogen) atoms. The Morgan fingerprint density at radius 3 is 2.70 bits per heavy atom. The number of hydrogen-bond donors (Lipinski definition) is 1. The average Bonchev–Trinajstić information content (AvgIpc) is 2.43. The first-order chi connectivity index (χ1) is 9.60. The zero-order chi connectivity index (χ0) is 14.5. The number of nitrogens with zero attached hydrogens (tertiary/aromatic N) is 2. The van der Waals surface area contributed by atoms with Gasteiger partial charge >= 0.3 is 0 Å². The summed E-state index contributed by atoms with van der Waals surface area (Å²) >= 11 is 0. The number of piperidine rings is 1. The summed E-state index contributed by atoms with van der Waals surface area (Å²) in [5.74, 6) is -0.0929. The van der Waals surface area contributed by atoms with E-state index in [0.717, 1.165) is 30.8 Å². The second-order valence-electron chi connectivity index (χ2n) is 5.91. The second kappa shape index (κ2) is 7.16. The summed E-state index contributed by atoms with van der Waals surface area (Å²) in [7, 11) is 6.19. The topological polar surface area (TPSA) is 18.5 Å². The molecule has 1 fully saturated rings. The van der Waals surface area contributed by atoms with E-state index in [0.29, 0.717) is 12.6 Å². The molecule has 0 atom stereocenters. The molecule has 1 aromatic carbocycles. The third-order valence-electron chi connectivity index (χ3n) is 4.22. The summed E-state index contributed by atoms with van der Waals surface area (Å²) in [5, 5.41) is 3.11. The Labute approximate surface area is 121 Å². The lowest BCUT2D eigenvalue weighted by Crippen LogP contribution is -2.41. The molecule has 1 N–H and O–H groups in total. The van der Waals surface area contributed by atoms with Gasteiger partial charge in [-0.25, -0.2) is 4.39 Å². The molecule has 2 rings (SSSR count). The van der Waals surface area contributed by atoms with E-state index in [9.17, 15) is 4.39 Å². The summed E-state index contributed by atoms with van der Waals surface area (Å²) < 4.78 is 13.9. The van der Waals surface area contributed by atoms with Gasteiger partial charge in [-0.3, -0.25) is 4.90 Å². The summed E-state index contributed by atoms with van der Waals surface area (Å²) in [6, 6.07) is 5.99. The van der Waals surface area contributed by atoms with Gasteiger partial charge in [-0.15, -0.1) is 0 Å². The first-order valence-electron chi connectivity index (χ1n) is 7.41. The zero-order valence-corrected chi connectivity index (χ0v) is 12.8. The van der Waals surface area contributed by atoms with Gasteiger partial charge in [-0.1, -0.05) is 12.1 Å². The van der Waals surface area contributed by atoms with Gasteiger partial charge in [0.15, 0.2) is 0 Å². The molecule has 0 amide bonds. The monoisotopic (exact) mass is 279 g/mol. The highest BCUT2D eigenvalue weighted by atomic mass is 19.1. The van der Waals surface area contributed by atoms with Crippen LogP contribution in [0.15, 0.2) is 18.2 Å². The van der Waals surface area contributed by atoms with Crippen molar-refractivity contribution in [3.63, 3.8) is 0 Å². The van der Waals surface area contributed by atoms with Crippen LogP contribution in [0.3, 0.4) is 0 Å².